The number of carbonyl (C=O) groups excluding carboxylic acids is 1. The van der Waals surface area contributed by atoms with Crippen LogP contribution < -0.4 is 0 Å². The molecule has 0 aliphatic carbocycles. The quantitative estimate of drug-likeness (QED) is 0.605. The van der Waals surface area contributed by atoms with Gasteiger partial charge in [-0.3, -0.25) is 0 Å². The molecule has 2 nitrogen and oxygen atoms in total. The monoisotopic (exact) mass is 271 g/mol. The van der Waals surface area contributed by atoms with Gasteiger partial charge in [-0.15, -0.1) is 0 Å². The van der Waals surface area contributed by atoms with Crippen LogP contribution in [0.4, 0.5) is 4.79 Å². The van der Waals surface area contributed by atoms with Crippen molar-refractivity contribution in [3.05, 3.63) is 0 Å². The fraction of sp³-hybridized carbons (Fsp3) is 0.833. The van der Waals surface area contributed by atoms with Crippen LogP contribution in [0, 0.1) is 0 Å². The van der Waals surface area contributed by atoms with E-state index in [0.29, 0.717) is 0 Å². The molecule has 0 saturated carbocycles. The molecule has 1 amide bonds. The van der Waals surface area contributed by atoms with Crippen molar-refractivity contribution in [3.8, 4) is 0 Å². The van der Waals surface area contributed by atoms with Crippen molar-refractivity contribution in [1.82, 2.24) is 4.90 Å². The molecule has 0 aliphatic heterocycles. The predicted octanol–water partition coefficient (Wildman–Crippen LogP) is 1.21. The van der Waals surface area contributed by atoms with E-state index in [9.17, 15) is 4.79 Å². The van der Waals surface area contributed by atoms with E-state index < -0.39 is 0 Å². The summed E-state index contributed by atoms with van der Waals surface area (Å²) in [4.78, 5) is 11.5. The minimum atomic E-state index is -0.333. The van der Waals surface area contributed by atoms with E-state index in [1.54, 1.807) is 14.1 Å². The molecule has 60 valence electrons. The topological polar surface area (TPSA) is 20.3 Å². The second-order valence-electron chi connectivity index (χ2n) is 2.66. The second-order valence-corrected chi connectivity index (χ2v) is 9.69. The molecule has 0 aromatic heterocycles. The second kappa shape index (κ2) is 7.64. The number of amides is 1. The number of rotatable bonds is 0. The van der Waals surface area contributed by atoms with Crippen LogP contribution >= 0.6 is 0 Å². The minimum absolute atomic E-state index is 0.0324. The van der Waals surface area contributed by atoms with Crippen LogP contribution in [0.3, 0.4) is 0 Å². The van der Waals surface area contributed by atoms with Crippen molar-refractivity contribution in [2.45, 2.75) is 17.3 Å². The maximum absolute atomic E-state index is 10.0. The summed E-state index contributed by atoms with van der Waals surface area (Å²) >= 11 is 1.99. The zero-order valence-corrected chi connectivity index (χ0v) is 11.1. The van der Waals surface area contributed by atoms with Crippen molar-refractivity contribution in [2.24, 2.45) is 0 Å². The van der Waals surface area contributed by atoms with Gasteiger partial charge in [-0.05, 0) is 0 Å². The SMILES string of the molecule is CN(C)C(=O)[Se].[CH3][Ge]([CH3])[CH3]. The van der Waals surface area contributed by atoms with E-state index in [4.69, 9.17) is 0 Å². The van der Waals surface area contributed by atoms with E-state index in [1.807, 2.05) is 0 Å². The normalized spacial score (nSPS) is 8.20. The van der Waals surface area contributed by atoms with E-state index in [2.05, 4.69) is 33.3 Å². The Kier molecular flexibility index (Phi) is 10.0. The van der Waals surface area contributed by atoms with Gasteiger partial charge in [-0.25, -0.2) is 0 Å². The van der Waals surface area contributed by atoms with E-state index in [0.717, 1.165) is 0 Å². The average molecular weight is 269 g/mol. The molecule has 0 fully saturated rings. The Morgan fingerprint density at radius 3 is 1.40 bits per heavy atom. The Labute approximate surface area is 76.3 Å². The third-order valence-electron chi connectivity index (χ3n) is 0.365. The van der Waals surface area contributed by atoms with Crippen LogP contribution in [0.2, 0.25) is 17.3 Å². The Morgan fingerprint density at radius 1 is 1.30 bits per heavy atom. The zero-order valence-electron chi connectivity index (χ0n) is 7.26. The average Bonchev–Trinajstić information content (AvgIpc) is 1.63. The van der Waals surface area contributed by atoms with E-state index >= 15 is 0 Å². The van der Waals surface area contributed by atoms with Gasteiger partial charge < -0.3 is 0 Å². The molecule has 0 aliphatic rings. The molecule has 0 aromatic rings. The molecule has 0 saturated heterocycles. The Bertz CT molecular complexity index is 93.0. The molecule has 0 aromatic carbocycles. The Balaban J connectivity index is 0. The summed E-state index contributed by atoms with van der Waals surface area (Å²) in [6.45, 7) is 0. The Morgan fingerprint density at radius 2 is 1.40 bits per heavy atom. The van der Waals surface area contributed by atoms with Crippen molar-refractivity contribution in [1.29, 1.82) is 0 Å². The van der Waals surface area contributed by atoms with E-state index in [1.165, 1.54) is 4.90 Å². The van der Waals surface area contributed by atoms with Crippen LogP contribution in [0.25, 0.3) is 0 Å². The number of hydrogen-bond acceptors (Lipinski definition) is 1. The summed E-state index contributed by atoms with van der Waals surface area (Å²) < 4.78 is 0. The molecule has 10 heavy (non-hydrogen) atoms. The first-order chi connectivity index (χ1) is 4.37. The first kappa shape index (κ1) is 13.1. The molecule has 4 heteroatoms. The van der Waals surface area contributed by atoms with Gasteiger partial charge in [0.15, 0.2) is 0 Å². The zero-order chi connectivity index (χ0) is 8.73. The predicted molar refractivity (Wildman–Crippen MR) is 48.2 cm³/mol. The Hall–Kier alpha value is 0.532. The van der Waals surface area contributed by atoms with Crippen LogP contribution in [0.1, 0.15) is 0 Å². The molecule has 0 atom stereocenters. The van der Waals surface area contributed by atoms with Gasteiger partial charge >= 0.3 is 76.2 Å². The summed E-state index contributed by atoms with van der Waals surface area (Å²) in [7, 11) is 3.39. The van der Waals surface area contributed by atoms with Crippen molar-refractivity contribution in [2.75, 3.05) is 14.1 Å². The van der Waals surface area contributed by atoms with Crippen molar-refractivity contribution in [3.63, 3.8) is 0 Å². The van der Waals surface area contributed by atoms with Gasteiger partial charge in [-0.2, -0.15) is 0 Å². The number of hydrogen-bond donors (Lipinski definition) is 0. The molecule has 2 radical (unpaired) electrons. The fourth-order valence-corrected chi connectivity index (χ4v) is 0. The van der Waals surface area contributed by atoms with Crippen LogP contribution in [0.15, 0.2) is 0 Å². The first-order valence-corrected chi connectivity index (χ1v) is 10.2. The molecule has 0 heterocycles. The number of nitrogens with zero attached hydrogens (tertiary/aromatic N) is 1. The van der Waals surface area contributed by atoms with Gasteiger partial charge in [0.2, 0.25) is 0 Å². The number of carbonyl (C=O) groups is 1. The molecule has 0 N–H and O–H groups in total. The van der Waals surface area contributed by atoms with Gasteiger partial charge in [0.1, 0.15) is 0 Å². The summed E-state index contributed by atoms with van der Waals surface area (Å²) in [5, 5.41) is 0. The first-order valence-electron chi connectivity index (χ1n) is 3.03. The maximum atomic E-state index is 10.0. The molecule has 0 rings (SSSR count). The summed E-state index contributed by atoms with van der Waals surface area (Å²) in [6, 6.07) is 0. The molecular formula is C6H15GeNOSe. The van der Waals surface area contributed by atoms with Crippen LogP contribution in [-0.2, 0) is 0 Å². The standard InChI is InChI=1S/C3H9Ge.C3H6NOSe/c1-4(2)3;1-4(2)3(5)6/h1-3H3;1-2H3. The summed E-state index contributed by atoms with van der Waals surface area (Å²) in [5.74, 6) is 7.00. The molecule has 0 bridgehead atoms. The third-order valence-corrected chi connectivity index (χ3v) is 1.13. The molecular weight excluding hydrogens is 254 g/mol. The summed E-state index contributed by atoms with van der Waals surface area (Å²) in [6.07, 6.45) is 0. The van der Waals surface area contributed by atoms with Gasteiger partial charge in [-0.1, -0.05) is 0 Å². The molecule has 0 spiro atoms. The fourth-order valence-electron chi connectivity index (χ4n) is 0. The van der Waals surface area contributed by atoms with E-state index in [-0.39, 0.29) is 19.2 Å². The van der Waals surface area contributed by atoms with Gasteiger partial charge in [0.05, 0.1) is 0 Å². The summed E-state index contributed by atoms with van der Waals surface area (Å²) in [5.41, 5.74) is 0. The van der Waals surface area contributed by atoms with Crippen LogP contribution in [0.5, 0.6) is 0 Å². The third kappa shape index (κ3) is 23.6. The van der Waals surface area contributed by atoms with Crippen molar-refractivity contribution >= 4 is 35.2 Å². The molecule has 0 unspecified atom stereocenters. The van der Waals surface area contributed by atoms with Crippen molar-refractivity contribution < 1.29 is 4.79 Å². The van der Waals surface area contributed by atoms with Crippen LogP contribution in [-0.4, -0.2) is 54.2 Å². The van der Waals surface area contributed by atoms with Gasteiger partial charge in [0.25, 0.3) is 0 Å². The van der Waals surface area contributed by atoms with Gasteiger partial charge in [0, 0.05) is 0 Å².